The molecular weight excluding hydrogens is 352 g/mol. The summed E-state index contributed by atoms with van der Waals surface area (Å²) in [5.74, 6) is -0.135. The molecule has 3 aromatic rings. The Labute approximate surface area is 152 Å². The van der Waals surface area contributed by atoms with E-state index in [-0.39, 0.29) is 18.5 Å². The van der Waals surface area contributed by atoms with Crippen molar-refractivity contribution in [2.24, 2.45) is 0 Å². The molecule has 0 saturated carbocycles. The molecule has 26 heavy (non-hydrogen) atoms. The van der Waals surface area contributed by atoms with Gasteiger partial charge in [0, 0.05) is 18.1 Å². The Morgan fingerprint density at radius 3 is 2.92 bits per heavy atom. The van der Waals surface area contributed by atoms with Crippen LogP contribution < -0.4 is 11.2 Å². The lowest BCUT2D eigenvalue weighted by atomic mass is 10.0. The number of para-hydroxylation sites is 1. The maximum Gasteiger partial charge on any atom is 0.329 e. The van der Waals surface area contributed by atoms with Gasteiger partial charge in [-0.3, -0.25) is 19.1 Å². The van der Waals surface area contributed by atoms with Gasteiger partial charge in [-0.1, -0.05) is 12.1 Å². The molecule has 8 heteroatoms. The summed E-state index contributed by atoms with van der Waals surface area (Å²) in [5.41, 5.74) is -0.532. The molecule has 134 valence electrons. The molecule has 0 bridgehead atoms. The summed E-state index contributed by atoms with van der Waals surface area (Å²) < 4.78 is 1.34. The number of aromatic amines is 1. The topological polar surface area (TPSA) is 88.1 Å². The Morgan fingerprint density at radius 2 is 2.12 bits per heavy atom. The Hall–Kier alpha value is -2.74. The number of nitrogens with one attached hydrogen (secondary N) is 1. The molecule has 1 aliphatic rings. The van der Waals surface area contributed by atoms with Gasteiger partial charge in [-0.15, -0.1) is 11.3 Å². The molecule has 7 nitrogen and oxygen atoms in total. The van der Waals surface area contributed by atoms with E-state index in [4.69, 9.17) is 0 Å². The molecule has 2 aromatic heterocycles. The first-order valence-corrected chi connectivity index (χ1v) is 9.44. The van der Waals surface area contributed by atoms with Crippen LogP contribution in [0.5, 0.6) is 0 Å². The second-order valence-corrected chi connectivity index (χ2v) is 7.26. The molecule has 0 radical (unpaired) electrons. The van der Waals surface area contributed by atoms with Gasteiger partial charge in [0.05, 0.1) is 16.9 Å². The van der Waals surface area contributed by atoms with Crippen molar-refractivity contribution < 1.29 is 4.79 Å². The van der Waals surface area contributed by atoms with Crippen LogP contribution in [-0.2, 0) is 11.3 Å². The smallest absolute Gasteiger partial charge is 0.329 e. The van der Waals surface area contributed by atoms with E-state index < -0.39 is 11.2 Å². The molecular formula is C18H18N4O3S. The highest BCUT2D eigenvalue weighted by Crippen LogP contribution is 2.32. The van der Waals surface area contributed by atoms with Crippen molar-refractivity contribution in [1.29, 1.82) is 0 Å². The number of hydrogen-bond donors (Lipinski definition) is 1. The summed E-state index contributed by atoms with van der Waals surface area (Å²) in [5, 5.41) is 3.23. The summed E-state index contributed by atoms with van der Waals surface area (Å²) in [6.07, 6.45) is 4.61. The predicted octanol–water partition coefficient (Wildman–Crippen LogP) is 1.90. The number of hydrogen-bond acceptors (Lipinski definition) is 5. The van der Waals surface area contributed by atoms with Gasteiger partial charge >= 0.3 is 5.69 Å². The SMILES string of the molecule is O=C(Cn1c(=O)[nH]c(=O)c2ccccc21)N1CCCCC1c1nccs1. The largest absolute Gasteiger partial charge is 0.332 e. The van der Waals surface area contributed by atoms with Crippen LogP contribution in [-0.4, -0.2) is 31.9 Å². The minimum absolute atomic E-state index is 0.0408. The van der Waals surface area contributed by atoms with Gasteiger partial charge in [0.2, 0.25) is 5.91 Å². The third-order valence-corrected chi connectivity index (χ3v) is 5.63. The number of fused-ring (bicyclic) bond motifs is 1. The van der Waals surface area contributed by atoms with Crippen molar-refractivity contribution in [2.75, 3.05) is 6.54 Å². The fourth-order valence-electron chi connectivity index (χ4n) is 3.51. The van der Waals surface area contributed by atoms with Gasteiger partial charge in [0.25, 0.3) is 5.56 Å². The molecule has 1 N–H and O–H groups in total. The number of amides is 1. The van der Waals surface area contributed by atoms with Crippen LogP contribution in [0.15, 0.2) is 45.4 Å². The number of benzene rings is 1. The van der Waals surface area contributed by atoms with Gasteiger partial charge in [-0.25, -0.2) is 9.78 Å². The van der Waals surface area contributed by atoms with Gasteiger partial charge in [-0.05, 0) is 31.4 Å². The Balaban J connectivity index is 1.69. The number of nitrogens with zero attached hydrogens (tertiary/aromatic N) is 3. The minimum Gasteiger partial charge on any atom is -0.332 e. The molecule has 1 fully saturated rings. The molecule has 1 amide bonds. The first kappa shape index (κ1) is 16.7. The normalized spacial score (nSPS) is 17.5. The van der Waals surface area contributed by atoms with E-state index in [0.717, 1.165) is 24.3 Å². The van der Waals surface area contributed by atoms with E-state index >= 15 is 0 Å². The highest BCUT2D eigenvalue weighted by atomic mass is 32.1. The molecule has 3 heterocycles. The summed E-state index contributed by atoms with van der Waals surface area (Å²) in [6.45, 7) is 0.553. The average Bonchev–Trinajstić information content (AvgIpc) is 3.19. The number of rotatable bonds is 3. The zero-order chi connectivity index (χ0) is 18.1. The summed E-state index contributed by atoms with van der Waals surface area (Å²) in [4.78, 5) is 45.8. The third-order valence-electron chi connectivity index (χ3n) is 4.76. The van der Waals surface area contributed by atoms with E-state index in [1.54, 1.807) is 41.8 Å². The van der Waals surface area contributed by atoms with E-state index in [2.05, 4.69) is 9.97 Å². The monoisotopic (exact) mass is 370 g/mol. The van der Waals surface area contributed by atoms with Crippen LogP contribution in [0.1, 0.15) is 30.3 Å². The number of carbonyl (C=O) groups is 1. The van der Waals surface area contributed by atoms with E-state index in [1.807, 2.05) is 10.3 Å². The number of aromatic nitrogens is 3. The first-order chi connectivity index (χ1) is 12.6. The highest BCUT2D eigenvalue weighted by molar-refractivity contribution is 7.09. The number of carbonyl (C=O) groups excluding carboxylic acids is 1. The summed E-state index contributed by atoms with van der Waals surface area (Å²) in [6, 6.07) is 6.78. The van der Waals surface area contributed by atoms with E-state index in [9.17, 15) is 14.4 Å². The van der Waals surface area contributed by atoms with Crippen LogP contribution in [0.25, 0.3) is 10.9 Å². The van der Waals surface area contributed by atoms with Crippen molar-refractivity contribution in [3.8, 4) is 0 Å². The van der Waals surface area contributed by atoms with E-state index in [1.165, 1.54) is 4.57 Å². The van der Waals surface area contributed by atoms with Crippen molar-refractivity contribution in [1.82, 2.24) is 19.4 Å². The Morgan fingerprint density at radius 1 is 1.27 bits per heavy atom. The fraction of sp³-hybridized carbons (Fsp3) is 0.333. The molecule has 0 spiro atoms. The van der Waals surface area contributed by atoms with Crippen molar-refractivity contribution >= 4 is 28.1 Å². The number of likely N-dealkylation sites (tertiary alicyclic amines) is 1. The lowest BCUT2D eigenvalue weighted by molar-refractivity contribution is -0.135. The second-order valence-electron chi connectivity index (χ2n) is 6.33. The van der Waals surface area contributed by atoms with Gasteiger partial charge in [0.15, 0.2) is 0 Å². The molecule has 1 saturated heterocycles. The van der Waals surface area contributed by atoms with Crippen molar-refractivity contribution in [3.05, 3.63) is 61.7 Å². The summed E-state index contributed by atoms with van der Waals surface area (Å²) >= 11 is 1.54. The Bertz CT molecular complexity index is 1050. The first-order valence-electron chi connectivity index (χ1n) is 8.56. The van der Waals surface area contributed by atoms with Gasteiger partial charge in [-0.2, -0.15) is 0 Å². The lowest BCUT2D eigenvalue weighted by Crippen LogP contribution is -2.42. The van der Waals surface area contributed by atoms with Crippen LogP contribution in [0.3, 0.4) is 0 Å². The second kappa shape index (κ2) is 6.87. The maximum atomic E-state index is 13.0. The van der Waals surface area contributed by atoms with Gasteiger partial charge < -0.3 is 4.90 Å². The number of piperidine rings is 1. The minimum atomic E-state index is -0.565. The molecule has 0 aliphatic carbocycles. The highest BCUT2D eigenvalue weighted by Gasteiger charge is 2.30. The standard InChI is InChI=1S/C18H18N4O3S/c23-15(21-9-4-3-7-14(21)17-19-8-10-26-17)11-22-13-6-2-1-5-12(13)16(24)20-18(22)25/h1-2,5-6,8,10,14H,3-4,7,9,11H2,(H,20,24,25). The van der Waals surface area contributed by atoms with E-state index in [0.29, 0.717) is 17.4 Å². The molecule has 1 atom stereocenters. The Kier molecular flexibility index (Phi) is 4.42. The molecule has 1 aliphatic heterocycles. The van der Waals surface area contributed by atoms with Crippen LogP contribution >= 0.6 is 11.3 Å². The van der Waals surface area contributed by atoms with Crippen molar-refractivity contribution in [2.45, 2.75) is 31.8 Å². The third kappa shape index (κ3) is 2.96. The number of thiazole rings is 1. The van der Waals surface area contributed by atoms with Crippen LogP contribution in [0, 0.1) is 0 Å². The average molecular weight is 370 g/mol. The molecule has 1 aromatic carbocycles. The zero-order valence-electron chi connectivity index (χ0n) is 14.1. The maximum absolute atomic E-state index is 13.0. The quantitative estimate of drug-likeness (QED) is 0.763. The zero-order valence-corrected chi connectivity index (χ0v) is 14.9. The summed E-state index contributed by atoms with van der Waals surface area (Å²) in [7, 11) is 0. The van der Waals surface area contributed by atoms with Crippen molar-refractivity contribution in [3.63, 3.8) is 0 Å². The predicted molar refractivity (Wildman–Crippen MR) is 99.2 cm³/mol. The lowest BCUT2D eigenvalue weighted by Gasteiger charge is -2.34. The van der Waals surface area contributed by atoms with Gasteiger partial charge in [0.1, 0.15) is 11.6 Å². The molecule has 4 rings (SSSR count). The van der Waals surface area contributed by atoms with Crippen LogP contribution in [0.4, 0.5) is 0 Å². The fourth-order valence-corrected chi connectivity index (χ4v) is 4.30. The molecule has 1 unspecified atom stereocenters. The number of H-pyrrole nitrogens is 1. The van der Waals surface area contributed by atoms with Crippen LogP contribution in [0.2, 0.25) is 0 Å².